The van der Waals surface area contributed by atoms with Gasteiger partial charge >= 0.3 is 12.1 Å². The number of aromatic amines is 1. The van der Waals surface area contributed by atoms with Crippen LogP contribution >= 0.6 is 0 Å². The number of nitrogens with zero attached hydrogens (tertiary/aromatic N) is 3. The first-order chi connectivity index (χ1) is 16.1. The number of methoxy groups -OCH3 is 1. The molecule has 174 valence electrons. The number of aromatic nitrogens is 2. The highest BCUT2D eigenvalue weighted by atomic mass is 16.5. The maximum atomic E-state index is 13.5. The van der Waals surface area contributed by atoms with Crippen LogP contribution in [-0.2, 0) is 9.47 Å². The second-order valence-corrected chi connectivity index (χ2v) is 8.31. The molecule has 11 nitrogen and oxygen atoms in total. The molecule has 0 radical (unpaired) electrons. The number of likely N-dealkylation sites (tertiary alicyclic amines) is 1. The number of morpholine rings is 1. The van der Waals surface area contributed by atoms with Gasteiger partial charge in [-0.25, -0.2) is 14.6 Å². The number of hydrazine groups is 1. The summed E-state index contributed by atoms with van der Waals surface area (Å²) >= 11 is 0. The first-order valence-corrected chi connectivity index (χ1v) is 11.1. The standard InChI is InChI=1S/C22H26N6O5/c1-32-22(31)27-7-5-13(6-8-27)18-17-19(25-24-18)14-3-2-4-15(16(14)20(17)29)23-21(30)26-28-9-11-33-12-10-28/h2-4,13H,5-12H2,1H3,(H,24,25)(H2,23,26,30). The van der Waals surface area contributed by atoms with E-state index in [1.807, 2.05) is 6.07 Å². The molecule has 1 aromatic carbocycles. The van der Waals surface area contributed by atoms with Crippen molar-refractivity contribution < 1.29 is 23.9 Å². The summed E-state index contributed by atoms with van der Waals surface area (Å²) in [6, 6.07) is 4.98. The van der Waals surface area contributed by atoms with Crippen LogP contribution in [0.15, 0.2) is 18.2 Å². The van der Waals surface area contributed by atoms with Gasteiger partial charge in [0.1, 0.15) is 0 Å². The molecule has 0 atom stereocenters. The van der Waals surface area contributed by atoms with Crippen LogP contribution in [0.2, 0.25) is 0 Å². The average molecular weight is 454 g/mol. The van der Waals surface area contributed by atoms with E-state index in [4.69, 9.17) is 9.47 Å². The van der Waals surface area contributed by atoms with E-state index in [2.05, 4.69) is 20.9 Å². The van der Waals surface area contributed by atoms with Gasteiger partial charge in [0.25, 0.3) is 0 Å². The Hall–Kier alpha value is -3.44. The van der Waals surface area contributed by atoms with Gasteiger partial charge in [-0.3, -0.25) is 15.3 Å². The highest BCUT2D eigenvalue weighted by Crippen LogP contribution is 2.43. The number of fused-ring (bicyclic) bond motifs is 3. The number of ether oxygens (including phenoxy) is 2. The quantitative estimate of drug-likeness (QED) is 0.552. The fourth-order valence-corrected chi connectivity index (χ4v) is 4.74. The molecule has 0 bridgehead atoms. The fourth-order valence-electron chi connectivity index (χ4n) is 4.74. The van der Waals surface area contributed by atoms with Crippen LogP contribution in [0.25, 0.3) is 11.3 Å². The smallest absolute Gasteiger partial charge is 0.409 e. The molecule has 3 heterocycles. The van der Waals surface area contributed by atoms with Gasteiger partial charge in [0.15, 0.2) is 5.78 Å². The van der Waals surface area contributed by atoms with Crippen molar-refractivity contribution in [1.29, 1.82) is 0 Å². The lowest BCUT2D eigenvalue weighted by molar-refractivity contribution is 0.0207. The van der Waals surface area contributed by atoms with Crippen LogP contribution in [-0.4, -0.2) is 84.5 Å². The first kappa shape index (κ1) is 21.4. The number of amides is 3. The van der Waals surface area contributed by atoms with Crippen LogP contribution < -0.4 is 10.7 Å². The number of anilines is 1. The van der Waals surface area contributed by atoms with Gasteiger partial charge in [0, 0.05) is 37.7 Å². The molecular formula is C22H26N6O5. The monoisotopic (exact) mass is 454 g/mol. The highest BCUT2D eigenvalue weighted by molar-refractivity contribution is 6.25. The van der Waals surface area contributed by atoms with Crippen molar-refractivity contribution in [2.75, 3.05) is 51.8 Å². The SMILES string of the molecule is COC(=O)N1CCC(c2n[nH]c3c2C(=O)c2c(NC(=O)NN4CCOCC4)cccc2-3)CC1. The molecule has 2 aromatic rings. The van der Waals surface area contributed by atoms with E-state index in [9.17, 15) is 14.4 Å². The zero-order valence-electron chi connectivity index (χ0n) is 18.3. The molecular weight excluding hydrogens is 428 g/mol. The van der Waals surface area contributed by atoms with Crippen molar-refractivity contribution >= 4 is 23.6 Å². The number of nitrogens with one attached hydrogen (secondary N) is 3. The predicted molar refractivity (Wildman–Crippen MR) is 118 cm³/mol. The van der Waals surface area contributed by atoms with E-state index in [0.717, 1.165) is 11.3 Å². The molecule has 2 aliphatic heterocycles. The number of ketones is 1. The number of carbonyl (C=O) groups is 3. The highest BCUT2D eigenvalue weighted by Gasteiger charge is 2.38. The minimum absolute atomic E-state index is 0.0604. The molecule has 3 N–H and O–H groups in total. The Morgan fingerprint density at radius 2 is 1.91 bits per heavy atom. The van der Waals surface area contributed by atoms with Crippen molar-refractivity contribution in [3.63, 3.8) is 0 Å². The Kier molecular flexibility index (Phi) is 5.73. The third-order valence-corrected chi connectivity index (χ3v) is 6.42. The summed E-state index contributed by atoms with van der Waals surface area (Å²) in [5.41, 5.74) is 6.41. The van der Waals surface area contributed by atoms with E-state index in [1.165, 1.54) is 7.11 Å². The van der Waals surface area contributed by atoms with Crippen LogP contribution in [0.3, 0.4) is 0 Å². The van der Waals surface area contributed by atoms with E-state index >= 15 is 0 Å². The number of H-pyrrole nitrogens is 1. The number of benzene rings is 1. The van der Waals surface area contributed by atoms with E-state index in [0.29, 0.717) is 74.7 Å². The maximum Gasteiger partial charge on any atom is 0.409 e. The summed E-state index contributed by atoms with van der Waals surface area (Å²) in [5.74, 6) is -0.0911. The lowest BCUT2D eigenvalue weighted by Gasteiger charge is -2.30. The van der Waals surface area contributed by atoms with Gasteiger partial charge in [-0.1, -0.05) is 12.1 Å². The van der Waals surface area contributed by atoms with Crippen LogP contribution in [0.1, 0.15) is 40.4 Å². The Labute approximate surface area is 190 Å². The summed E-state index contributed by atoms with van der Waals surface area (Å²) in [6.45, 7) is 3.43. The fraction of sp³-hybridized carbons (Fsp3) is 0.455. The topological polar surface area (TPSA) is 129 Å². The summed E-state index contributed by atoms with van der Waals surface area (Å²) < 4.78 is 10.1. The van der Waals surface area contributed by atoms with Crippen molar-refractivity contribution in [2.45, 2.75) is 18.8 Å². The molecule has 0 spiro atoms. The molecule has 1 aliphatic carbocycles. The second-order valence-electron chi connectivity index (χ2n) is 8.31. The number of piperidine rings is 1. The molecule has 0 saturated carbocycles. The summed E-state index contributed by atoms with van der Waals surface area (Å²) in [6.07, 6.45) is 1.06. The van der Waals surface area contributed by atoms with Gasteiger partial charge < -0.3 is 19.7 Å². The Bertz CT molecular complexity index is 1080. The molecule has 11 heteroatoms. The molecule has 2 fully saturated rings. The lowest BCUT2D eigenvalue weighted by atomic mass is 9.90. The lowest BCUT2D eigenvalue weighted by Crippen LogP contribution is -2.49. The summed E-state index contributed by atoms with van der Waals surface area (Å²) in [7, 11) is 1.37. The van der Waals surface area contributed by atoms with Gasteiger partial charge in [-0.05, 0) is 18.9 Å². The Morgan fingerprint density at radius 3 is 2.64 bits per heavy atom. The number of hydrogen-bond acceptors (Lipinski definition) is 7. The van der Waals surface area contributed by atoms with Gasteiger partial charge in [0.05, 0.1) is 48.5 Å². The molecule has 1 aromatic heterocycles. The Balaban J connectivity index is 1.33. The maximum absolute atomic E-state index is 13.5. The number of hydrogen-bond donors (Lipinski definition) is 3. The van der Waals surface area contributed by atoms with E-state index < -0.39 is 6.03 Å². The van der Waals surface area contributed by atoms with E-state index in [1.54, 1.807) is 22.0 Å². The van der Waals surface area contributed by atoms with Gasteiger partial charge in [0.2, 0.25) is 0 Å². The largest absolute Gasteiger partial charge is 0.453 e. The van der Waals surface area contributed by atoms with Crippen molar-refractivity contribution in [2.24, 2.45) is 0 Å². The van der Waals surface area contributed by atoms with Crippen molar-refractivity contribution in [3.05, 3.63) is 35.0 Å². The van der Waals surface area contributed by atoms with Crippen LogP contribution in [0.4, 0.5) is 15.3 Å². The van der Waals surface area contributed by atoms with Gasteiger partial charge in [-0.15, -0.1) is 0 Å². The second kappa shape index (κ2) is 8.83. The average Bonchev–Trinajstić information content (AvgIpc) is 3.40. The minimum atomic E-state index is -0.401. The Morgan fingerprint density at radius 1 is 1.15 bits per heavy atom. The summed E-state index contributed by atoms with van der Waals surface area (Å²) in [4.78, 5) is 39.5. The predicted octanol–water partition coefficient (Wildman–Crippen LogP) is 1.94. The summed E-state index contributed by atoms with van der Waals surface area (Å²) in [5, 5.41) is 12.1. The van der Waals surface area contributed by atoms with Crippen LogP contribution in [0, 0.1) is 0 Å². The number of rotatable bonds is 3. The zero-order valence-corrected chi connectivity index (χ0v) is 18.3. The molecule has 0 unspecified atom stereocenters. The van der Waals surface area contributed by atoms with Crippen molar-refractivity contribution in [3.8, 4) is 11.3 Å². The van der Waals surface area contributed by atoms with Crippen LogP contribution in [0.5, 0.6) is 0 Å². The molecule has 3 amide bonds. The van der Waals surface area contributed by atoms with Crippen molar-refractivity contribution in [1.82, 2.24) is 25.5 Å². The zero-order chi connectivity index (χ0) is 22.9. The van der Waals surface area contributed by atoms with Gasteiger partial charge in [-0.2, -0.15) is 5.10 Å². The first-order valence-electron chi connectivity index (χ1n) is 11.1. The molecule has 33 heavy (non-hydrogen) atoms. The van der Waals surface area contributed by atoms with E-state index in [-0.39, 0.29) is 17.8 Å². The number of urea groups is 1. The third kappa shape index (κ3) is 3.93. The third-order valence-electron chi connectivity index (χ3n) is 6.42. The minimum Gasteiger partial charge on any atom is -0.453 e. The molecule has 5 rings (SSSR count). The molecule has 3 aliphatic rings. The number of carbonyl (C=O) groups excluding carboxylic acids is 3. The normalized spacial score (nSPS) is 18.6. The molecule has 2 saturated heterocycles.